The molecule has 1 aromatic rings. The predicted molar refractivity (Wildman–Crippen MR) is 115 cm³/mol. The van der Waals surface area contributed by atoms with Gasteiger partial charge in [0.05, 0.1) is 19.1 Å². The molecular formula is C21H35NO7S. The quantitative estimate of drug-likeness (QED) is 0.420. The van der Waals surface area contributed by atoms with Crippen molar-refractivity contribution in [2.75, 3.05) is 19.3 Å². The van der Waals surface area contributed by atoms with E-state index in [9.17, 15) is 18.3 Å². The fraction of sp³-hybridized carbons (Fsp3) is 0.667. The highest BCUT2D eigenvalue weighted by atomic mass is 32.2. The molecule has 0 aliphatic carbocycles. The Labute approximate surface area is 179 Å². The van der Waals surface area contributed by atoms with Gasteiger partial charge in [0.15, 0.2) is 27.3 Å². The number of aliphatic hydroxyl groups is 1. The second kappa shape index (κ2) is 11.5. The molecule has 30 heavy (non-hydrogen) atoms. The summed E-state index contributed by atoms with van der Waals surface area (Å²) in [6, 6.07) is 4.83. The third-order valence-corrected chi connectivity index (χ3v) is 5.73. The Hall–Kier alpha value is -1.84. The van der Waals surface area contributed by atoms with Gasteiger partial charge in [0.2, 0.25) is 0 Å². The van der Waals surface area contributed by atoms with Crippen molar-refractivity contribution in [1.82, 2.24) is 0 Å². The number of carboxylic acids is 1. The van der Waals surface area contributed by atoms with Crippen molar-refractivity contribution in [1.29, 1.82) is 0 Å². The van der Waals surface area contributed by atoms with Crippen LogP contribution >= 0.6 is 0 Å². The van der Waals surface area contributed by atoms with Crippen LogP contribution < -0.4 is 15.2 Å². The minimum Gasteiger partial charge on any atom is -0.493 e. The maximum Gasteiger partial charge on any atom is 0.306 e. The third kappa shape index (κ3) is 8.89. The topological polar surface area (TPSA) is 136 Å². The normalized spacial score (nSPS) is 16.0. The Morgan fingerprint density at radius 1 is 1.17 bits per heavy atom. The van der Waals surface area contributed by atoms with Gasteiger partial charge < -0.3 is 25.4 Å². The van der Waals surface area contributed by atoms with E-state index in [1.165, 1.54) is 7.11 Å². The summed E-state index contributed by atoms with van der Waals surface area (Å²) in [5.41, 5.74) is 7.10. The highest BCUT2D eigenvalue weighted by Crippen LogP contribution is 2.31. The molecule has 0 bridgehead atoms. The fourth-order valence-corrected chi connectivity index (χ4v) is 3.51. The van der Waals surface area contributed by atoms with Gasteiger partial charge in [-0.15, -0.1) is 0 Å². The number of aliphatic carboxylic acids is 1. The van der Waals surface area contributed by atoms with E-state index in [2.05, 4.69) is 13.8 Å². The smallest absolute Gasteiger partial charge is 0.306 e. The van der Waals surface area contributed by atoms with Crippen LogP contribution in [0.3, 0.4) is 0 Å². The summed E-state index contributed by atoms with van der Waals surface area (Å²) in [6.45, 7) is 5.68. The zero-order chi connectivity index (χ0) is 23.1. The lowest BCUT2D eigenvalue weighted by molar-refractivity contribution is -0.142. The van der Waals surface area contributed by atoms with E-state index in [0.29, 0.717) is 24.3 Å². The SMILES string of the molecule is COc1ccc(C[C@@H](C[C@H](N)[C@@H](O)C[C@@H](C)C(=O)O)C(C)C)cc1OCS(C)(=O)=O. The Bertz CT molecular complexity index is 795. The first kappa shape index (κ1) is 26.2. The van der Waals surface area contributed by atoms with Crippen LogP contribution in [0.4, 0.5) is 0 Å². The maximum atomic E-state index is 11.4. The van der Waals surface area contributed by atoms with Gasteiger partial charge in [0.1, 0.15) is 0 Å². The first-order valence-corrected chi connectivity index (χ1v) is 12.0. The molecule has 0 fully saturated rings. The number of hydrogen-bond donors (Lipinski definition) is 3. The van der Waals surface area contributed by atoms with E-state index in [4.69, 9.17) is 20.3 Å². The van der Waals surface area contributed by atoms with Crippen molar-refractivity contribution in [3.8, 4) is 11.5 Å². The zero-order valence-electron chi connectivity index (χ0n) is 18.4. The average molecular weight is 446 g/mol. The van der Waals surface area contributed by atoms with Gasteiger partial charge in [-0.2, -0.15) is 0 Å². The molecule has 4 atom stereocenters. The van der Waals surface area contributed by atoms with Crippen LogP contribution in [0.5, 0.6) is 11.5 Å². The number of methoxy groups -OCH3 is 1. The first-order chi connectivity index (χ1) is 13.8. The molecule has 9 heteroatoms. The zero-order valence-corrected chi connectivity index (χ0v) is 19.2. The molecule has 0 aromatic heterocycles. The van der Waals surface area contributed by atoms with E-state index < -0.39 is 39.8 Å². The van der Waals surface area contributed by atoms with Gasteiger partial charge in [-0.25, -0.2) is 8.42 Å². The van der Waals surface area contributed by atoms with Crippen LogP contribution in [0.1, 0.15) is 39.2 Å². The molecule has 8 nitrogen and oxygen atoms in total. The molecule has 0 aliphatic heterocycles. The fourth-order valence-electron chi connectivity index (χ4n) is 3.17. The number of sulfone groups is 1. The summed E-state index contributed by atoms with van der Waals surface area (Å²) in [5, 5.41) is 19.3. The number of benzene rings is 1. The molecule has 1 aromatic carbocycles. The van der Waals surface area contributed by atoms with Crippen LogP contribution in [0, 0.1) is 17.8 Å². The van der Waals surface area contributed by atoms with Crippen molar-refractivity contribution < 1.29 is 32.9 Å². The maximum absolute atomic E-state index is 11.4. The summed E-state index contributed by atoms with van der Waals surface area (Å²) in [6.07, 6.45) is 1.47. The first-order valence-electron chi connectivity index (χ1n) is 9.97. The lowest BCUT2D eigenvalue weighted by Gasteiger charge is -2.28. The monoisotopic (exact) mass is 445 g/mol. The molecule has 0 radical (unpaired) electrons. The van der Waals surface area contributed by atoms with E-state index >= 15 is 0 Å². The van der Waals surface area contributed by atoms with Gasteiger partial charge in [-0.05, 0) is 48.8 Å². The lowest BCUT2D eigenvalue weighted by Crippen LogP contribution is -2.39. The average Bonchev–Trinajstić information content (AvgIpc) is 2.64. The van der Waals surface area contributed by atoms with Crippen LogP contribution in [-0.2, 0) is 21.1 Å². The Kier molecular flexibility index (Phi) is 10.1. The van der Waals surface area contributed by atoms with Crippen molar-refractivity contribution in [2.45, 2.75) is 52.2 Å². The number of carboxylic acid groups (broad SMARTS) is 1. The van der Waals surface area contributed by atoms with Gasteiger partial charge in [-0.3, -0.25) is 4.79 Å². The molecule has 0 amide bonds. The molecule has 0 spiro atoms. The third-order valence-electron chi connectivity index (χ3n) is 5.18. The molecule has 1 rings (SSSR count). The van der Waals surface area contributed by atoms with Gasteiger partial charge in [0, 0.05) is 12.3 Å². The van der Waals surface area contributed by atoms with Gasteiger partial charge in [-0.1, -0.05) is 26.8 Å². The Morgan fingerprint density at radius 3 is 2.30 bits per heavy atom. The van der Waals surface area contributed by atoms with E-state index in [0.717, 1.165) is 11.8 Å². The number of rotatable bonds is 13. The van der Waals surface area contributed by atoms with Crippen LogP contribution in [-0.4, -0.2) is 56.1 Å². The van der Waals surface area contributed by atoms with Gasteiger partial charge >= 0.3 is 5.97 Å². The molecular weight excluding hydrogens is 410 g/mol. The van der Waals surface area contributed by atoms with Gasteiger partial charge in [0.25, 0.3) is 0 Å². The minimum absolute atomic E-state index is 0.104. The lowest BCUT2D eigenvalue weighted by atomic mass is 9.82. The molecule has 0 unspecified atom stereocenters. The standard InChI is InChI=1S/C21H35NO7S/c1-13(2)16(11-17(22)18(23)8-14(3)21(24)25)9-15-6-7-19(28-4)20(10-15)29-12-30(5,26)27/h6-7,10,13-14,16-18,23H,8-9,11-12,22H2,1-5H3,(H,24,25)/t14-,16+,17+,18+/m1/s1. The summed E-state index contributed by atoms with van der Waals surface area (Å²) < 4.78 is 33.5. The van der Waals surface area contributed by atoms with Crippen molar-refractivity contribution in [2.24, 2.45) is 23.5 Å². The Morgan fingerprint density at radius 2 is 1.80 bits per heavy atom. The van der Waals surface area contributed by atoms with Crippen molar-refractivity contribution in [3.63, 3.8) is 0 Å². The largest absolute Gasteiger partial charge is 0.493 e. The highest BCUT2D eigenvalue weighted by Gasteiger charge is 2.26. The van der Waals surface area contributed by atoms with Crippen molar-refractivity contribution >= 4 is 15.8 Å². The second-order valence-corrected chi connectivity index (χ2v) is 10.4. The predicted octanol–water partition coefficient (Wildman–Crippen LogP) is 2.08. The summed E-state index contributed by atoms with van der Waals surface area (Å²) in [5.74, 6) is -0.880. The molecule has 172 valence electrons. The summed E-state index contributed by atoms with van der Waals surface area (Å²) in [7, 11) is -1.82. The molecule has 0 aliphatic rings. The molecule has 0 heterocycles. The summed E-state index contributed by atoms with van der Waals surface area (Å²) >= 11 is 0. The number of nitrogens with two attached hydrogens (primary N) is 1. The number of aliphatic hydroxyl groups excluding tert-OH is 1. The summed E-state index contributed by atoms with van der Waals surface area (Å²) in [4.78, 5) is 11.0. The van der Waals surface area contributed by atoms with Crippen LogP contribution in [0.2, 0.25) is 0 Å². The van der Waals surface area contributed by atoms with E-state index in [-0.39, 0.29) is 18.3 Å². The molecule has 4 N–H and O–H groups in total. The van der Waals surface area contributed by atoms with E-state index in [1.807, 2.05) is 6.07 Å². The second-order valence-electron chi connectivity index (χ2n) is 8.32. The van der Waals surface area contributed by atoms with E-state index in [1.54, 1.807) is 19.1 Å². The molecule has 0 saturated carbocycles. The minimum atomic E-state index is -3.30. The van der Waals surface area contributed by atoms with Crippen LogP contribution in [0.15, 0.2) is 18.2 Å². The number of ether oxygens (including phenoxy) is 2. The Balaban J connectivity index is 2.90. The number of hydrogen-bond acceptors (Lipinski definition) is 7. The van der Waals surface area contributed by atoms with Crippen LogP contribution in [0.25, 0.3) is 0 Å². The molecule has 0 saturated heterocycles. The van der Waals surface area contributed by atoms with Crippen molar-refractivity contribution in [3.05, 3.63) is 23.8 Å². The highest BCUT2D eigenvalue weighted by molar-refractivity contribution is 7.90. The number of carbonyl (C=O) groups is 1.